The van der Waals surface area contributed by atoms with E-state index in [1.54, 1.807) is 0 Å². The fraction of sp³-hybridized carbons (Fsp3) is 0.500. The zero-order chi connectivity index (χ0) is 14.5. The van der Waals surface area contributed by atoms with Crippen LogP contribution in [0.4, 0.5) is 0 Å². The average Bonchev–Trinajstić information content (AvgIpc) is 2.20. The van der Waals surface area contributed by atoms with E-state index in [2.05, 4.69) is 0 Å². The van der Waals surface area contributed by atoms with Crippen molar-refractivity contribution < 1.29 is 44.8 Å². The van der Waals surface area contributed by atoms with Gasteiger partial charge in [-0.3, -0.25) is 0 Å². The van der Waals surface area contributed by atoms with Crippen molar-refractivity contribution in [3.05, 3.63) is 0 Å². The van der Waals surface area contributed by atoms with E-state index in [9.17, 15) is 44.8 Å². The number of carbonyl (C=O) groups is 4. The van der Waals surface area contributed by atoms with Gasteiger partial charge < -0.3 is 44.8 Å². The van der Waals surface area contributed by atoms with Crippen LogP contribution in [0.2, 0.25) is 0 Å². The van der Waals surface area contributed by atoms with Crippen LogP contribution in [0.5, 0.6) is 0 Å². The van der Waals surface area contributed by atoms with E-state index in [-0.39, 0.29) is 0 Å². The third kappa shape index (κ3) is 4.76. The summed E-state index contributed by atoms with van der Waals surface area (Å²) in [5.41, 5.74) is 0. The Morgan fingerprint density at radius 3 is 1.28 bits per heavy atom. The predicted molar refractivity (Wildman–Crippen MR) is 40.5 cm³/mol. The van der Waals surface area contributed by atoms with Crippen LogP contribution in [-0.4, -0.2) is 46.2 Å². The van der Waals surface area contributed by atoms with Gasteiger partial charge in [-0.15, -0.1) is 0 Å². The summed E-state index contributed by atoms with van der Waals surface area (Å²) >= 11 is 0. The van der Waals surface area contributed by atoms with Crippen LogP contribution >= 0.6 is 0 Å². The second-order valence-electron chi connectivity index (χ2n) is 3.20. The van der Waals surface area contributed by atoms with Crippen molar-refractivity contribution in [1.29, 1.82) is 0 Å². The molecule has 102 valence electrons. The lowest BCUT2D eigenvalue weighted by molar-refractivity contribution is -0.343. The molecule has 0 rings (SSSR count). The number of nitrogens with zero attached hydrogens (tertiary/aromatic N) is 1. The first-order valence-corrected chi connectivity index (χ1v) is 4.45. The quantitative estimate of drug-likeness (QED) is 0.411. The van der Waals surface area contributed by atoms with Gasteiger partial charge in [0, 0.05) is 24.8 Å². The van der Waals surface area contributed by atoms with Gasteiger partial charge in [0.05, 0.1) is 24.0 Å². The smallest absolute Gasteiger partial charge is 0.0804 e. The molecule has 1 N–H and O–H groups in total. The second kappa shape index (κ2) is 6.51. The summed E-state index contributed by atoms with van der Waals surface area (Å²) in [6, 6.07) is -4.59. The third-order valence-electron chi connectivity index (χ3n) is 1.90. The van der Waals surface area contributed by atoms with Gasteiger partial charge in [0.2, 0.25) is 0 Å². The SMILES string of the molecule is O=C([O-])CC(C(=O)[O-])N(O)C(CC(=O)[O-])C(=O)[O-]. The Morgan fingerprint density at radius 2 is 1.11 bits per heavy atom. The minimum absolute atomic E-state index is 0.490. The number of carboxylic acids is 4. The first kappa shape index (κ1) is 15.8. The monoisotopic (exact) mass is 261 g/mol. The van der Waals surface area contributed by atoms with Gasteiger partial charge in [-0.1, -0.05) is 0 Å². The summed E-state index contributed by atoms with van der Waals surface area (Å²) in [7, 11) is 0. The van der Waals surface area contributed by atoms with Crippen molar-refractivity contribution in [2.75, 3.05) is 0 Å². The first-order chi connectivity index (χ1) is 8.16. The Bertz CT molecular complexity index is 332. The molecular formula is C8H7NO9-4. The first-order valence-electron chi connectivity index (χ1n) is 4.45. The van der Waals surface area contributed by atoms with Gasteiger partial charge in [0.1, 0.15) is 0 Å². The number of carboxylic acid groups (broad SMARTS) is 4. The fourth-order valence-electron chi connectivity index (χ4n) is 1.10. The molecule has 0 aromatic heterocycles. The van der Waals surface area contributed by atoms with Crippen LogP contribution in [0.15, 0.2) is 0 Å². The third-order valence-corrected chi connectivity index (χ3v) is 1.90. The molecule has 0 saturated heterocycles. The topological polar surface area (TPSA) is 184 Å². The maximum Gasteiger partial charge on any atom is 0.0804 e. The number of hydrogen-bond acceptors (Lipinski definition) is 10. The molecular weight excluding hydrogens is 254 g/mol. The number of aliphatic carboxylic acids is 4. The van der Waals surface area contributed by atoms with E-state index in [4.69, 9.17) is 0 Å². The van der Waals surface area contributed by atoms with Gasteiger partial charge in [-0.05, 0) is 0 Å². The molecule has 0 heterocycles. The molecule has 0 amide bonds. The van der Waals surface area contributed by atoms with Gasteiger partial charge in [-0.2, -0.15) is 5.06 Å². The standard InChI is InChI=1S/C8H11NO9/c10-5(11)1-3(7(14)15)9(18)4(8(16)17)2-6(12)13/h3-4,18H,1-2H2,(H,10,11)(H,12,13)(H,14,15)(H,16,17)/p-4. The van der Waals surface area contributed by atoms with Crippen molar-refractivity contribution in [2.45, 2.75) is 24.9 Å². The van der Waals surface area contributed by atoms with E-state index in [0.29, 0.717) is 0 Å². The highest BCUT2D eigenvalue weighted by Gasteiger charge is 2.27. The van der Waals surface area contributed by atoms with E-state index >= 15 is 0 Å². The molecule has 0 aliphatic heterocycles. The highest BCUT2D eigenvalue weighted by atomic mass is 16.5. The van der Waals surface area contributed by atoms with Gasteiger partial charge >= 0.3 is 0 Å². The second-order valence-corrected chi connectivity index (χ2v) is 3.20. The Balaban J connectivity index is 5.05. The molecule has 0 bridgehead atoms. The molecule has 10 nitrogen and oxygen atoms in total. The molecule has 0 saturated carbocycles. The van der Waals surface area contributed by atoms with Gasteiger partial charge in [-0.25, -0.2) is 0 Å². The molecule has 2 unspecified atom stereocenters. The molecule has 0 fully saturated rings. The van der Waals surface area contributed by atoms with Crippen LogP contribution < -0.4 is 20.4 Å². The Kier molecular flexibility index (Phi) is 5.72. The van der Waals surface area contributed by atoms with E-state index in [0.717, 1.165) is 0 Å². The molecule has 2 atom stereocenters. The summed E-state index contributed by atoms with van der Waals surface area (Å²) in [5.74, 6) is -8.06. The normalized spacial score (nSPS) is 13.9. The van der Waals surface area contributed by atoms with E-state index in [1.165, 1.54) is 0 Å². The Morgan fingerprint density at radius 1 is 0.833 bits per heavy atom. The summed E-state index contributed by atoms with van der Waals surface area (Å²) in [6.45, 7) is 0. The Labute approximate surface area is 99.6 Å². The van der Waals surface area contributed by atoms with E-state index < -0.39 is 53.9 Å². The molecule has 0 aliphatic rings. The van der Waals surface area contributed by atoms with Crippen LogP contribution in [0.25, 0.3) is 0 Å². The molecule has 0 aromatic carbocycles. The number of hydrogen-bond donors (Lipinski definition) is 1. The minimum atomic E-state index is -2.29. The van der Waals surface area contributed by atoms with Crippen LogP contribution in [0.1, 0.15) is 12.8 Å². The Hall–Kier alpha value is -2.20. The predicted octanol–water partition coefficient (Wildman–Crippen LogP) is -6.81. The molecule has 0 aliphatic carbocycles. The molecule has 0 aromatic rings. The number of carbonyl (C=O) groups excluding carboxylic acids is 4. The molecule has 10 heteroatoms. The zero-order valence-electron chi connectivity index (χ0n) is 8.73. The van der Waals surface area contributed by atoms with Crippen LogP contribution in [0, 0.1) is 0 Å². The summed E-state index contributed by atoms with van der Waals surface area (Å²) in [5, 5.41) is 50.1. The maximum atomic E-state index is 10.5. The van der Waals surface area contributed by atoms with Crippen molar-refractivity contribution >= 4 is 23.9 Å². The summed E-state index contributed by atoms with van der Waals surface area (Å²) in [6.07, 6.45) is -2.59. The number of rotatable bonds is 8. The molecule has 18 heavy (non-hydrogen) atoms. The highest BCUT2D eigenvalue weighted by molar-refractivity contribution is 5.81. The zero-order valence-corrected chi connectivity index (χ0v) is 8.73. The lowest BCUT2D eigenvalue weighted by Gasteiger charge is -2.34. The lowest BCUT2D eigenvalue weighted by Crippen LogP contribution is -2.58. The number of hydroxylamine groups is 2. The molecule has 0 spiro atoms. The summed E-state index contributed by atoms with van der Waals surface area (Å²) in [4.78, 5) is 41.4. The van der Waals surface area contributed by atoms with Crippen molar-refractivity contribution in [3.63, 3.8) is 0 Å². The maximum absolute atomic E-state index is 10.5. The van der Waals surface area contributed by atoms with Crippen LogP contribution in [0.3, 0.4) is 0 Å². The van der Waals surface area contributed by atoms with Crippen molar-refractivity contribution in [1.82, 2.24) is 5.06 Å². The fourth-order valence-corrected chi connectivity index (χ4v) is 1.10. The largest absolute Gasteiger partial charge is 0.550 e. The molecule has 0 radical (unpaired) electrons. The van der Waals surface area contributed by atoms with Crippen molar-refractivity contribution in [2.24, 2.45) is 0 Å². The summed E-state index contributed by atoms with van der Waals surface area (Å²) < 4.78 is 0. The average molecular weight is 261 g/mol. The van der Waals surface area contributed by atoms with E-state index in [1.807, 2.05) is 0 Å². The highest BCUT2D eigenvalue weighted by Crippen LogP contribution is 2.08. The van der Waals surface area contributed by atoms with Gasteiger partial charge in [0.25, 0.3) is 0 Å². The van der Waals surface area contributed by atoms with Crippen molar-refractivity contribution in [3.8, 4) is 0 Å². The lowest BCUT2D eigenvalue weighted by atomic mass is 10.1. The van der Waals surface area contributed by atoms with Gasteiger partial charge in [0.15, 0.2) is 0 Å². The minimum Gasteiger partial charge on any atom is -0.550 e. The van der Waals surface area contributed by atoms with Crippen LogP contribution in [-0.2, 0) is 19.2 Å².